The number of nitrogens with two attached hydrogens (primary N) is 1. The van der Waals surface area contributed by atoms with Crippen molar-refractivity contribution in [3.05, 3.63) is 107 Å². The molecule has 352 valence electrons. The number of aliphatic carboxylic acids is 1. The van der Waals surface area contributed by atoms with Crippen LogP contribution in [0.3, 0.4) is 0 Å². The van der Waals surface area contributed by atoms with E-state index in [-0.39, 0.29) is 12.5 Å². The van der Waals surface area contributed by atoms with Gasteiger partial charge in [0.05, 0.1) is 36.5 Å². The number of ether oxygens (including phenoxy) is 4. The summed E-state index contributed by atoms with van der Waals surface area (Å²) in [7, 11) is 11.2. The van der Waals surface area contributed by atoms with Crippen LogP contribution in [0.1, 0.15) is 21.8 Å². The first-order valence-electron chi connectivity index (χ1n) is 20.8. The van der Waals surface area contributed by atoms with Gasteiger partial charge < -0.3 is 53.7 Å². The molecule has 19 nitrogen and oxygen atoms in total. The maximum atomic E-state index is 11.8. The fourth-order valence-corrected chi connectivity index (χ4v) is 7.92. The van der Waals surface area contributed by atoms with Gasteiger partial charge in [0.1, 0.15) is 44.0 Å². The van der Waals surface area contributed by atoms with E-state index in [0.717, 1.165) is 67.1 Å². The van der Waals surface area contributed by atoms with Crippen molar-refractivity contribution >= 4 is 55.0 Å². The highest BCUT2D eigenvalue weighted by atomic mass is 32.1. The van der Waals surface area contributed by atoms with Gasteiger partial charge in [-0.1, -0.05) is 12.1 Å². The fourth-order valence-electron chi connectivity index (χ4n) is 5.97. The van der Waals surface area contributed by atoms with Crippen molar-refractivity contribution in [1.29, 1.82) is 0 Å². The highest BCUT2D eigenvalue weighted by Gasteiger charge is 2.16. The largest absolute Gasteiger partial charge is 0.494 e. The Bertz CT molecular complexity index is 2810. The number of nitrogens with zero attached hydrogens (tertiary/aromatic N) is 8. The van der Waals surface area contributed by atoms with Gasteiger partial charge in [-0.3, -0.25) is 4.79 Å². The molecular formula is C46H52N10O9S2. The predicted molar refractivity (Wildman–Crippen MR) is 255 cm³/mol. The summed E-state index contributed by atoms with van der Waals surface area (Å²) in [6.07, 6.45) is 0.870. The second-order valence-corrected chi connectivity index (χ2v) is 17.2. The van der Waals surface area contributed by atoms with Gasteiger partial charge in [0.2, 0.25) is 23.6 Å². The van der Waals surface area contributed by atoms with Crippen LogP contribution in [-0.2, 0) is 22.4 Å². The SMILES string of the molecule is CN(C)CCN.COc1cccc2sc(Cc3nnc(-c4ccc(OCC(=O)NCCN(C)C)cc4)o3)nc12.COc1cccc2sc(Cc3nnc(-c4ccc(OCC(=O)O)cc4)o3)nc12. The highest BCUT2D eigenvalue weighted by molar-refractivity contribution is 7.19. The Hall–Kier alpha value is -7.04. The molecule has 0 atom stereocenters. The second-order valence-electron chi connectivity index (χ2n) is 14.9. The molecule has 4 N–H and O–H groups in total. The minimum atomic E-state index is -1.03. The summed E-state index contributed by atoms with van der Waals surface area (Å²) in [5.41, 5.74) is 8.33. The number of likely N-dealkylation sites (N-methyl/N-ethyl adjacent to an activating group) is 2. The van der Waals surface area contributed by atoms with E-state index in [1.807, 2.05) is 81.6 Å². The van der Waals surface area contributed by atoms with Crippen LogP contribution in [0.2, 0.25) is 0 Å². The van der Waals surface area contributed by atoms with Gasteiger partial charge in [0.15, 0.2) is 13.2 Å². The van der Waals surface area contributed by atoms with Crippen LogP contribution in [0.25, 0.3) is 43.3 Å². The van der Waals surface area contributed by atoms with E-state index in [1.165, 1.54) is 0 Å². The number of methoxy groups -OCH3 is 2. The quantitative estimate of drug-likeness (QED) is 0.0853. The average Bonchev–Trinajstić information content (AvgIpc) is 4.15. The molecule has 0 bridgehead atoms. The molecule has 4 heterocycles. The lowest BCUT2D eigenvalue weighted by Crippen LogP contribution is -2.34. The van der Waals surface area contributed by atoms with Gasteiger partial charge in [-0.25, -0.2) is 14.8 Å². The van der Waals surface area contributed by atoms with Crippen molar-refractivity contribution in [3.63, 3.8) is 0 Å². The van der Waals surface area contributed by atoms with E-state index in [1.54, 1.807) is 73.3 Å². The Morgan fingerprint density at radius 2 is 1.12 bits per heavy atom. The molecule has 21 heteroatoms. The van der Waals surface area contributed by atoms with Crippen molar-refractivity contribution < 1.29 is 42.5 Å². The number of carboxylic acid groups (broad SMARTS) is 1. The lowest BCUT2D eigenvalue weighted by molar-refractivity contribution is -0.139. The number of aromatic nitrogens is 6. The molecule has 67 heavy (non-hydrogen) atoms. The van der Waals surface area contributed by atoms with Gasteiger partial charge in [-0.15, -0.1) is 43.1 Å². The van der Waals surface area contributed by atoms with Crippen LogP contribution in [0.5, 0.6) is 23.0 Å². The molecule has 0 aliphatic heterocycles. The summed E-state index contributed by atoms with van der Waals surface area (Å²) in [6.45, 7) is 2.67. The molecule has 0 aliphatic carbocycles. The number of hydrogen-bond donors (Lipinski definition) is 3. The molecule has 0 aliphatic rings. The van der Waals surface area contributed by atoms with Crippen LogP contribution in [-0.4, -0.2) is 139 Å². The molecule has 4 aromatic heterocycles. The van der Waals surface area contributed by atoms with Crippen LogP contribution < -0.4 is 30.0 Å². The Labute approximate surface area is 394 Å². The van der Waals surface area contributed by atoms with Crippen molar-refractivity contribution in [2.24, 2.45) is 5.73 Å². The number of carboxylic acids is 1. The number of para-hydroxylation sites is 2. The monoisotopic (exact) mass is 952 g/mol. The number of benzene rings is 4. The van der Waals surface area contributed by atoms with Crippen LogP contribution in [0.15, 0.2) is 93.8 Å². The van der Waals surface area contributed by atoms with E-state index >= 15 is 0 Å². The molecule has 8 rings (SSSR count). The summed E-state index contributed by atoms with van der Waals surface area (Å²) in [5.74, 6) is 3.06. The Balaban J connectivity index is 0.000000199. The number of fused-ring (bicyclic) bond motifs is 2. The minimum absolute atomic E-state index is 0.0373. The molecule has 8 aromatic rings. The average molecular weight is 953 g/mol. The van der Waals surface area contributed by atoms with E-state index < -0.39 is 12.6 Å². The zero-order valence-electron chi connectivity index (χ0n) is 37.9. The number of hydrogen-bond acceptors (Lipinski definition) is 19. The zero-order valence-corrected chi connectivity index (χ0v) is 39.6. The van der Waals surface area contributed by atoms with Gasteiger partial charge in [-0.05, 0) is 101 Å². The van der Waals surface area contributed by atoms with Gasteiger partial charge in [0.25, 0.3) is 5.91 Å². The first-order valence-corrected chi connectivity index (χ1v) is 22.5. The first kappa shape index (κ1) is 49.4. The highest BCUT2D eigenvalue weighted by Crippen LogP contribution is 2.32. The number of rotatable bonds is 19. The lowest BCUT2D eigenvalue weighted by Gasteiger charge is -2.11. The molecule has 0 spiro atoms. The van der Waals surface area contributed by atoms with Gasteiger partial charge >= 0.3 is 5.97 Å². The zero-order chi connectivity index (χ0) is 47.7. The third-order valence-corrected chi connectivity index (χ3v) is 11.3. The van der Waals surface area contributed by atoms with Crippen LogP contribution in [0.4, 0.5) is 0 Å². The standard InChI is InChI=1S/C23H25N5O4S.C19H15N3O5S.C4H12N2/c1-28(2)12-11-24-19(29)14-31-16-9-7-15(8-10-16)23-27-26-20(32-23)13-21-25-22-17(30-3)5-4-6-18(22)33-21;1-25-13-3-2-4-14-18(13)20-16(28-14)9-15-21-22-19(27-15)11-5-7-12(8-6-11)26-10-17(23)24;1-6(2)4-3-5/h4-10H,11-14H2,1-3H3,(H,24,29);2-8H,9-10H2,1H3,(H,23,24);3-5H2,1-2H3. The summed E-state index contributed by atoms with van der Waals surface area (Å²) < 4.78 is 35.0. The number of amides is 1. The van der Waals surface area contributed by atoms with Crippen molar-refractivity contribution in [3.8, 4) is 45.9 Å². The maximum Gasteiger partial charge on any atom is 0.341 e. The number of thiazole rings is 2. The molecular weight excluding hydrogens is 901 g/mol. The normalized spacial score (nSPS) is 10.9. The Kier molecular flexibility index (Phi) is 18.0. The van der Waals surface area contributed by atoms with E-state index in [4.69, 9.17) is 38.6 Å². The third kappa shape index (κ3) is 14.7. The Morgan fingerprint density at radius 3 is 1.52 bits per heavy atom. The summed E-state index contributed by atoms with van der Waals surface area (Å²) in [5, 5.41) is 29.6. The van der Waals surface area contributed by atoms with E-state index in [0.29, 0.717) is 60.0 Å². The van der Waals surface area contributed by atoms with Crippen molar-refractivity contribution in [2.45, 2.75) is 12.8 Å². The summed E-state index contributed by atoms with van der Waals surface area (Å²) in [4.78, 5) is 35.7. The topological polar surface area (TPSA) is 239 Å². The van der Waals surface area contributed by atoms with Crippen molar-refractivity contribution in [2.75, 3.05) is 81.8 Å². The van der Waals surface area contributed by atoms with Gasteiger partial charge in [0, 0.05) is 37.3 Å². The minimum Gasteiger partial charge on any atom is -0.494 e. The summed E-state index contributed by atoms with van der Waals surface area (Å²) >= 11 is 3.13. The first-order chi connectivity index (χ1) is 32.4. The predicted octanol–water partition coefficient (Wildman–Crippen LogP) is 5.92. The van der Waals surface area contributed by atoms with Crippen LogP contribution in [0, 0.1) is 0 Å². The van der Waals surface area contributed by atoms with E-state index in [9.17, 15) is 9.59 Å². The molecule has 1 amide bonds. The number of carbonyl (C=O) groups is 2. The Morgan fingerprint density at radius 1 is 0.657 bits per heavy atom. The molecule has 0 unspecified atom stereocenters. The van der Waals surface area contributed by atoms with E-state index in [2.05, 4.69) is 40.6 Å². The second kappa shape index (κ2) is 24.5. The summed E-state index contributed by atoms with van der Waals surface area (Å²) in [6, 6.07) is 25.6. The van der Waals surface area contributed by atoms with Crippen molar-refractivity contribution in [1.82, 2.24) is 45.5 Å². The smallest absolute Gasteiger partial charge is 0.341 e. The van der Waals surface area contributed by atoms with Gasteiger partial charge in [-0.2, -0.15) is 0 Å². The van der Waals surface area contributed by atoms with Crippen LogP contribution >= 0.6 is 22.7 Å². The number of nitrogens with one attached hydrogen (secondary N) is 1. The lowest BCUT2D eigenvalue weighted by atomic mass is 10.2. The maximum absolute atomic E-state index is 11.8. The molecule has 4 aromatic carbocycles. The molecule has 0 saturated heterocycles. The molecule has 0 fully saturated rings. The molecule has 0 radical (unpaired) electrons. The number of carbonyl (C=O) groups excluding carboxylic acids is 1. The third-order valence-electron chi connectivity index (χ3n) is 9.22. The fraction of sp³-hybridized carbons (Fsp3) is 0.304. The molecule has 0 saturated carbocycles.